The molecule has 0 aliphatic rings. The molecule has 1 amide bonds. The van der Waals surface area contributed by atoms with Gasteiger partial charge in [0.15, 0.2) is 9.84 Å². The fourth-order valence-corrected chi connectivity index (χ4v) is 4.58. The van der Waals surface area contributed by atoms with E-state index in [1.54, 1.807) is 31.2 Å². The summed E-state index contributed by atoms with van der Waals surface area (Å²) in [5.74, 6) is -1.14. The van der Waals surface area contributed by atoms with E-state index >= 15 is 0 Å². The molecule has 0 unspecified atom stereocenters. The second-order valence-electron chi connectivity index (χ2n) is 8.48. The summed E-state index contributed by atoms with van der Waals surface area (Å²) >= 11 is 0. The molecule has 0 spiro atoms. The van der Waals surface area contributed by atoms with Crippen LogP contribution in [0.3, 0.4) is 0 Å². The van der Waals surface area contributed by atoms with Gasteiger partial charge in [-0.05, 0) is 60.2 Å². The standard InChI is InChI=1S/C28H22F4N2O4S/c1-2-39(36,37)23-10-6-18(7-11-23)14-27(35)34-21-9-12-24(19-8-13-26(29)33-17-19)25(16-21)38-22-5-3-4-20(15-22)28(30,31)32/h3-13,15-17H,2,14H2,1H3,(H,34,35). The number of halogens is 4. The number of pyridine rings is 1. The fraction of sp³-hybridized carbons (Fsp3) is 0.143. The Morgan fingerprint density at radius 1 is 0.974 bits per heavy atom. The molecule has 11 heteroatoms. The average molecular weight is 559 g/mol. The number of rotatable bonds is 8. The van der Waals surface area contributed by atoms with Gasteiger partial charge in [-0.25, -0.2) is 13.4 Å². The predicted octanol–water partition coefficient (Wildman–Crippen LogP) is 6.67. The topological polar surface area (TPSA) is 85.4 Å². The Bertz CT molecular complexity index is 1590. The van der Waals surface area contributed by atoms with E-state index in [2.05, 4.69) is 10.3 Å². The molecule has 202 valence electrons. The fourth-order valence-electron chi connectivity index (χ4n) is 3.69. The first-order chi connectivity index (χ1) is 18.4. The number of anilines is 1. The predicted molar refractivity (Wildman–Crippen MR) is 138 cm³/mol. The van der Waals surface area contributed by atoms with Gasteiger partial charge in [-0.3, -0.25) is 4.79 Å². The molecule has 0 fully saturated rings. The van der Waals surface area contributed by atoms with Crippen LogP contribution in [0.1, 0.15) is 18.1 Å². The Morgan fingerprint density at radius 2 is 1.72 bits per heavy atom. The van der Waals surface area contributed by atoms with Crippen molar-refractivity contribution in [2.24, 2.45) is 0 Å². The number of amides is 1. The zero-order valence-corrected chi connectivity index (χ0v) is 21.3. The molecule has 39 heavy (non-hydrogen) atoms. The molecule has 0 atom stereocenters. The molecular weight excluding hydrogens is 536 g/mol. The van der Waals surface area contributed by atoms with Crippen LogP contribution in [0.2, 0.25) is 0 Å². The molecule has 1 aromatic heterocycles. The first-order valence-electron chi connectivity index (χ1n) is 11.7. The van der Waals surface area contributed by atoms with Crippen LogP contribution in [0.5, 0.6) is 11.5 Å². The van der Waals surface area contributed by atoms with E-state index in [0.717, 1.165) is 18.2 Å². The van der Waals surface area contributed by atoms with Crippen molar-refractivity contribution < 1.29 is 35.5 Å². The minimum atomic E-state index is -4.57. The maximum Gasteiger partial charge on any atom is 0.416 e. The Balaban J connectivity index is 1.59. The summed E-state index contributed by atoms with van der Waals surface area (Å²) < 4.78 is 82.7. The number of carbonyl (C=O) groups is 1. The Hall–Kier alpha value is -4.25. The quantitative estimate of drug-likeness (QED) is 0.193. The van der Waals surface area contributed by atoms with Crippen LogP contribution in [0.4, 0.5) is 23.2 Å². The van der Waals surface area contributed by atoms with Gasteiger partial charge in [-0.15, -0.1) is 0 Å². The van der Waals surface area contributed by atoms with E-state index in [0.29, 0.717) is 22.4 Å². The van der Waals surface area contributed by atoms with Gasteiger partial charge in [-0.2, -0.15) is 17.6 Å². The van der Waals surface area contributed by atoms with Crippen molar-refractivity contribution in [3.63, 3.8) is 0 Å². The van der Waals surface area contributed by atoms with Crippen LogP contribution in [-0.2, 0) is 27.2 Å². The van der Waals surface area contributed by atoms with Crippen LogP contribution in [0.25, 0.3) is 11.1 Å². The van der Waals surface area contributed by atoms with Gasteiger partial charge in [0.1, 0.15) is 11.5 Å². The molecule has 0 bridgehead atoms. The summed E-state index contributed by atoms with van der Waals surface area (Å²) in [6, 6.07) is 17.5. The van der Waals surface area contributed by atoms with Gasteiger partial charge in [-0.1, -0.05) is 25.1 Å². The highest BCUT2D eigenvalue weighted by atomic mass is 32.2. The van der Waals surface area contributed by atoms with E-state index in [9.17, 15) is 30.8 Å². The van der Waals surface area contributed by atoms with Gasteiger partial charge in [0.2, 0.25) is 11.9 Å². The van der Waals surface area contributed by atoms with E-state index in [4.69, 9.17) is 4.74 Å². The Kier molecular flexibility index (Phi) is 8.01. The van der Waals surface area contributed by atoms with Crippen molar-refractivity contribution in [2.45, 2.75) is 24.4 Å². The molecule has 0 aliphatic carbocycles. The third-order valence-electron chi connectivity index (χ3n) is 5.72. The van der Waals surface area contributed by atoms with E-state index < -0.39 is 33.4 Å². The van der Waals surface area contributed by atoms with Crippen LogP contribution < -0.4 is 10.1 Å². The number of aromatic nitrogens is 1. The number of sulfone groups is 1. The third kappa shape index (κ3) is 6.99. The molecule has 1 N–H and O–H groups in total. The first kappa shape index (κ1) is 27.8. The lowest BCUT2D eigenvalue weighted by Gasteiger charge is -2.15. The number of hydrogen-bond acceptors (Lipinski definition) is 5. The number of alkyl halides is 3. The second kappa shape index (κ2) is 11.2. The molecule has 0 aliphatic heterocycles. The Morgan fingerprint density at radius 3 is 2.36 bits per heavy atom. The van der Waals surface area contributed by atoms with Crippen molar-refractivity contribution in [3.05, 3.63) is 102 Å². The molecule has 0 radical (unpaired) electrons. The SMILES string of the molecule is CCS(=O)(=O)c1ccc(CC(=O)Nc2ccc(-c3ccc(F)nc3)c(Oc3cccc(C(F)(F)F)c3)c2)cc1. The molecule has 0 saturated carbocycles. The maximum absolute atomic E-state index is 13.4. The summed E-state index contributed by atoms with van der Waals surface area (Å²) in [4.78, 5) is 16.5. The first-order valence-corrected chi connectivity index (χ1v) is 13.3. The second-order valence-corrected chi connectivity index (χ2v) is 10.8. The minimum Gasteiger partial charge on any atom is -0.457 e. The summed E-state index contributed by atoms with van der Waals surface area (Å²) in [5, 5.41) is 2.70. The molecule has 1 heterocycles. The van der Waals surface area contributed by atoms with Gasteiger partial charge in [0.05, 0.1) is 22.6 Å². The number of nitrogens with one attached hydrogen (secondary N) is 1. The normalized spacial score (nSPS) is 11.7. The van der Waals surface area contributed by atoms with Crippen LogP contribution in [0.15, 0.2) is 90.0 Å². The maximum atomic E-state index is 13.4. The zero-order valence-electron chi connectivity index (χ0n) is 20.5. The highest BCUT2D eigenvalue weighted by molar-refractivity contribution is 7.91. The van der Waals surface area contributed by atoms with Gasteiger partial charge >= 0.3 is 6.18 Å². The van der Waals surface area contributed by atoms with E-state index in [1.807, 2.05) is 0 Å². The number of ether oxygens (including phenoxy) is 1. The summed E-state index contributed by atoms with van der Waals surface area (Å²) in [6.07, 6.45) is -3.37. The summed E-state index contributed by atoms with van der Waals surface area (Å²) in [6.45, 7) is 1.54. The van der Waals surface area contributed by atoms with Gasteiger partial charge in [0, 0.05) is 29.1 Å². The summed E-state index contributed by atoms with van der Waals surface area (Å²) in [7, 11) is -3.37. The molecule has 3 aromatic carbocycles. The highest BCUT2D eigenvalue weighted by Gasteiger charge is 2.30. The lowest BCUT2D eigenvalue weighted by molar-refractivity contribution is -0.137. The van der Waals surface area contributed by atoms with Gasteiger partial charge in [0.25, 0.3) is 0 Å². The highest BCUT2D eigenvalue weighted by Crippen LogP contribution is 2.37. The number of hydrogen-bond donors (Lipinski definition) is 1. The largest absolute Gasteiger partial charge is 0.457 e. The molecule has 4 aromatic rings. The smallest absolute Gasteiger partial charge is 0.416 e. The van der Waals surface area contributed by atoms with E-state index in [-0.39, 0.29) is 28.6 Å². The van der Waals surface area contributed by atoms with Crippen molar-refractivity contribution in [1.82, 2.24) is 4.98 Å². The monoisotopic (exact) mass is 558 g/mol. The van der Waals surface area contributed by atoms with Crippen LogP contribution in [-0.4, -0.2) is 25.1 Å². The average Bonchev–Trinajstić information content (AvgIpc) is 2.89. The Labute approximate surface area is 222 Å². The van der Waals surface area contributed by atoms with Crippen LogP contribution in [0, 0.1) is 5.95 Å². The minimum absolute atomic E-state index is 0.0400. The van der Waals surface area contributed by atoms with E-state index in [1.165, 1.54) is 42.6 Å². The molecule has 4 rings (SSSR count). The molecular formula is C28H22F4N2O4S. The lowest BCUT2D eigenvalue weighted by atomic mass is 10.1. The number of benzene rings is 3. The molecule has 6 nitrogen and oxygen atoms in total. The molecule has 0 saturated heterocycles. The lowest BCUT2D eigenvalue weighted by Crippen LogP contribution is -2.14. The zero-order chi connectivity index (χ0) is 28.2. The van der Waals surface area contributed by atoms with Crippen molar-refractivity contribution in [3.8, 4) is 22.6 Å². The number of carbonyl (C=O) groups excluding carboxylic acids is 1. The number of nitrogens with zero attached hydrogens (tertiary/aromatic N) is 1. The van der Waals surface area contributed by atoms with Gasteiger partial charge < -0.3 is 10.1 Å². The van der Waals surface area contributed by atoms with Crippen molar-refractivity contribution >= 4 is 21.4 Å². The summed E-state index contributed by atoms with van der Waals surface area (Å²) in [5.41, 5.74) is 0.833. The van der Waals surface area contributed by atoms with Crippen molar-refractivity contribution in [2.75, 3.05) is 11.1 Å². The third-order valence-corrected chi connectivity index (χ3v) is 7.47. The van der Waals surface area contributed by atoms with Crippen LogP contribution >= 0.6 is 0 Å². The van der Waals surface area contributed by atoms with Crippen molar-refractivity contribution in [1.29, 1.82) is 0 Å².